The third-order valence-corrected chi connectivity index (χ3v) is 2.17. The van der Waals surface area contributed by atoms with E-state index in [0.29, 0.717) is 11.2 Å². The molecule has 0 aliphatic rings. The second kappa shape index (κ2) is 5.66. The molecule has 1 heterocycles. The number of aromatic nitrogens is 1. The average molecular weight is 211 g/mol. The molecule has 1 atom stereocenters. The van der Waals surface area contributed by atoms with Crippen molar-refractivity contribution in [3.8, 4) is 0 Å². The first kappa shape index (κ1) is 11.1. The molecule has 0 amide bonds. The van der Waals surface area contributed by atoms with Crippen molar-refractivity contribution in [2.75, 3.05) is 5.32 Å². The van der Waals surface area contributed by atoms with E-state index < -0.39 is 0 Å². The molecule has 1 N–H and O–H groups in total. The van der Waals surface area contributed by atoms with Crippen LogP contribution in [0, 0.1) is 0 Å². The third-order valence-electron chi connectivity index (χ3n) is 1.94. The standard InChI is InChI=1S/C11H15ClN2/c1-3-4-5-9(2)14-10-6-7-11(12)13-8-10/h3,6-9,14H,1,4-5H2,2H3. The van der Waals surface area contributed by atoms with Gasteiger partial charge in [0.1, 0.15) is 5.15 Å². The number of halogens is 1. The Morgan fingerprint density at radius 1 is 1.64 bits per heavy atom. The van der Waals surface area contributed by atoms with E-state index in [1.165, 1.54) is 0 Å². The van der Waals surface area contributed by atoms with Gasteiger partial charge in [0, 0.05) is 6.04 Å². The van der Waals surface area contributed by atoms with E-state index in [0.717, 1.165) is 18.5 Å². The van der Waals surface area contributed by atoms with Gasteiger partial charge in [0.05, 0.1) is 11.9 Å². The van der Waals surface area contributed by atoms with E-state index in [9.17, 15) is 0 Å². The highest BCUT2D eigenvalue weighted by Crippen LogP contribution is 2.12. The van der Waals surface area contributed by atoms with Gasteiger partial charge in [-0.25, -0.2) is 4.98 Å². The minimum atomic E-state index is 0.427. The summed E-state index contributed by atoms with van der Waals surface area (Å²) in [6.45, 7) is 5.83. The minimum absolute atomic E-state index is 0.427. The Bertz CT molecular complexity index is 282. The van der Waals surface area contributed by atoms with Crippen molar-refractivity contribution < 1.29 is 0 Å². The van der Waals surface area contributed by atoms with E-state index in [-0.39, 0.29) is 0 Å². The molecule has 0 saturated heterocycles. The highest BCUT2D eigenvalue weighted by Gasteiger charge is 2.00. The number of nitrogens with zero attached hydrogens (tertiary/aromatic N) is 1. The molecule has 1 aromatic rings. The molecule has 0 fully saturated rings. The third kappa shape index (κ3) is 3.79. The van der Waals surface area contributed by atoms with E-state index >= 15 is 0 Å². The zero-order valence-electron chi connectivity index (χ0n) is 8.33. The monoisotopic (exact) mass is 210 g/mol. The summed E-state index contributed by atoms with van der Waals surface area (Å²) in [6, 6.07) is 4.14. The van der Waals surface area contributed by atoms with Crippen LogP contribution in [-0.4, -0.2) is 11.0 Å². The maximum absolute atomic E-state index is 5.68. The average Bonchev–Trinajstić information content (AvgIpc) is 2.18. The minimum Gasteiger partial charge on any atom is -0.381 e. The van der Waals surface area contributed by atoms with Crippen LogP contribution < -0.4 is 5.32 Å². The van der Waals surface area contributed by atoms with Gasteiger partial charge >= 0.3 is 0 Å². The molecule has 1 unspecified atom stereocenters. The van der Waals surface area contributed by atoms with E-state index in [1.54, 1.807) is 12.3 Å². The molecular weight excluding hydrogens is 196 g/mol. The molecule has 0 spiro atoms. The predicted molar refractivity (Wildman–Crippen MR) is 61.8 cm³/mol. The van der Waals surface area contributed by atoms with E-state index in [1.807, 2.05) is 12.1 Å². The molecule has 0 saturated carbocycles. The maximum atomic E-state index is 5.68. The Hall–Kier alpha value is -1.02. The lowest BCUT2D eigenvalue weighted by atomic mass is 10.2. The van der Waals surface area contributed by atoms with Gasteiger partial charge in [0.2, 0.25) is 0 Å². The second-order valence-corrected chi connectivity index (χ2v) is 3.67. The quantitative estimate of drug-likeness (QED) is 0.595. The number of hydrogen-bond donors (Lipinski definition) is 1. The lowest BCUT2D eigenvalue weighted by molar-refractivity contribution is 0.718. The highest BCUT2D eigenvalue weighted by atomic mass is 35.5. The van der Waals surface area contributed by atoms with Crippen molar-refractivity contribution in [3.05, 3.63) is 36.1 Å². The number of allylic oxidation sites excluding steroid dienone is 1. The predicted octanol–water partition coefficient (Wildman–Crippen LogP) is 3.50. The Morgan fingerprint density at radius 3 is 3.00 bits per heavy atom. The van der Waals surface area contributed by atoms with Crippen LogP contribution in [0.4, 0.5) is 5.69 Å². The number of rotatable bonds is 5. The fourth-order valence-electron chi connectivity index (χ4n) is 1.19. The first-order valence-corrected chi connectivity index (χ1v) is 5.09. The molecule has 0 aromatic carbocycles. The number of anilines is 1. The number of nitrogens with one attached hydrogen (secondary N) is 1. The van der Waals surface area contributed by atoms with Crippen LogP contribution in [0.5, 0.6) is 0 Å². The van der Waals surface area contributed by atoms with Gasteiger partial charge in [0.25, 0.3) is 0 Å². The Kier molecular flexibility index (Phi) is 4.47. The van der Waals surface area contributed by atoms with E-state index in [2.05, 4.69) is 23.8 Å². The van der Waals surface area contributed by atoms with Gasteiger partial charge in [-0.1, -0.05) is 17.7 Å². The molecule has 0 radical (unpaired) electrons. The van der Waals surface area contributed by atoms with Crippen LogP contribution in [0.1, 0.15) is 19.8 Å². The van der Waals surface area contributed by atoms with Gasteiger partial charge < -0.3 is 5.32 Å². The molecule has 76 valence electrons. The van der Waals surface area contributed by atoms with Crippen molar-refractivity contribution >= 4 is 17.3 Å². The fourth-order valence-corrected chi connectivity index (χ4v) is 1.30. The Balaban J connectivity index is 2.43. The first-order valence-electron chi connectivity index (χ1n) is 4.71. The molecule has 2 nitrogen and oxygen atoms in total. The van der Waals surface area contributed by atoms with Crippen LogP contribution >= 0.6 is 11.6 Å². The normalized spacial score (nSPS) is 12.1. The molecular formula is C11H15ClN2. The SMILES string of the molecule is C=CCCC(C)Nc1ccc(Cl)nc1. The van der Waals surface area contributed by atoms with Crippen LogP contribution in [0.3, 0.4) is 0 Å². The van der Waals surface area contributed by atoms with Crippen LogP contribution in [0.25, 0.3) is 0 Å². The lowest BCUT2D eigenvalue weighted by Crippen LogP contribution is -2.14. The number of hydrogen-bond acceptors (Lipinski definition) is 2. The summed E-state index contributed by atoms with van der Waals surface area (Å²) in [4.78, 5) is 4.00. The Morgan fingerprint density at radius 2 is 2.43 bits per heavy atom. The smallest absolute Gasteiger partial charge is 0.129 e. The maximum Gasteiger partial charge on any atom is 0.129 e. The summed E-state index contributed by atoms with van der Waals surface area (Å²) in [6.07, 6.45) is 5.77. The summed E-state index contributed by atoms with van der Waals surface area (Å²) in [7, 11) is 0. The second-order valence-electron chi connectivity index (χ2n) is 3.28. The Labute approximate surface area is 90.0 Å². The van der Waals surface area contributed by atoms with Crippen molar-refractivity contribution in [1.29, 1.82) is 0 Å². The molecule has 3 heteroatoms. The first-order chi connectivity index (χ1) is 6.72. The zero-order chi connectivity index (χ0) is 10.4. The summed E-state index contributed by atoms with van der Waals surface area (Å²) in [5, 5.41) is 3.86. The largest absolute Gasteiger partial charge is 0.381 e. The highest BCUT2D eigenvalue weighted by molar-refractivity contribution is 6.29. The topological polar surface area (TPSA) is 24.9 Å². The fraction of sp³-hybridized carbons (Fsp3) is 0.364. The molecule has 0 aliphatic heterocycles. The summed E-state index contributed by atoms with van der Waals surface area (Å²) >= 11 is 5.68. The summed E-state index contributed by atoms with van der Waals surface area (Å²) in [5.41, 5.74) is 1.01. The molecule has 1 rings (SSSR count). The van der Waals surface area contributed by atoms with E-state index in [4.69, 9.17) is 11.6 Å². The van der Waals surface area contributed by atoms with Crippen molar-refractivity contribution in [1.82, 2.24) is 4.98 Å². The lowest BCUT2D eigenvalue weighted by Gasteiger charge is -2.13. The molecule has 0 aliphatic carbocycles. The number of pyridine rings is 1. The van der Waals surface area contributed by atoms with Crippen LogP contribution in [0.2, 0.25) is 5.15 Å². The zero-order valence-corrected chi connectivity index (χ0v) is 9.09. The summed E-state index contributed by atoms with van der Waals surface area (Å²) in [5.74, 6) is 0. The molecule has 0 bridgehead atoms. The van der Waals surface area contributed by atoms with Crippen molar-refractivity contribution in [2.24, 2.45) is 0 Å². The van der Waals surface area contributed by atoms with Crippen LogP contribution in [0.15, 0.2) is 31.0 Å². The van der Waals surface area contributed by atoms with Gasteiger partial charge in [-0.15, -0.1) is 6.58 Å². The van der Waals surface area contributed by atoms with Crippen molar-refractivity contribution in [3.63, 3.8) is 0 Å². The van der Waals surface area contributed by atoms with Crippen molar-refractivity contribution in [2.45, 2.75) is 25.8 Å². The molecule has 14 heavy (non-hydrogen) atoms. The molecule has 1 aromatic heterocycles. The van der Waals surface area contributed by atoms with Gasteiger partial charge in [0.15, 0.2) is 0 Å². The van der Waals surface area contributed by atoms with Crippen LogP contribution in [-0.2, 0) is 0 Å². The van der Waals surface area contributed by atoms with Gasteiger partial charge in [-0.05, 0) is 31.9 Å². The van der Waals surface area contributed by atoms with Gasteiger partial charge in [-0.2, -0.15) is 0 Å². The summed E-state index contributed by atoms with van der Waals surface area (Å²) < 4.78 is 0. The van der Waals surface area contributed by atoms with Gasteiger partial charge in [-0.3, -0.25) is 0 Å².